The van der Waals surface area contributed by atoms with E-state index in [4.69, 9.17) is 4.74 Å². The Morgan fingerprint density at radius 3 is 2.35 bits per heavy atom. The number of ether oxygens (including phenoxy) is 1. The van der Waals surface area contributed by atoms with Gasteiger partial charge in [-0.2, -0.15) is 0 Å². The van der Waals surface area contributed by atoms with Crippen molar-refractivity contribution < 1.29 is 17.9 Å². The number of anilines is 1. The van der Waals surface area contributed by atoms with Crippen molar-refractivity contribution in [1.29, 1.82) is 0 Å². The van der Waals surface area contributed by atoms with Gasteiger partial charge in [0.15, 0.2) is 0 Å². The topological polar surface area (TPSA) is 75.7 Å². The van der Waals surface area contributed by atoms with E-state index in [9.17, 15) is 13.2 Å². The minimum Gasteiger partial charge on any atom is -0.446 e. The van der Waals surface area contributed by atoms with Gasteiger partial charge in [-0.05, 0) is 54.9 Å². The predicted octanol–water partition coefficient (Wildman–Crippen LogP) is 3.95. The van der Waals surface area contributed by atoms with Gasteiger partial charge in [0, 0.05) is 19.8 Å². The molecule has 3 atom stereocenters. The number of hydrogen-bond acceptors (Lipinski definition) is 4. The largest absolute Gasteiger partial charge is 0.446 e. The van der Waals surface area contributed by atoms with Crippen LogP contribution in [-0.2, 0) is 14.8 Å². The zero-order valence-electron chi connectivity index (χ0n) is 16.2. The Balaban J connectivity index is 2.01. The molecule has 2 rings (SSSR count). The first kappa shape index (κ1) is 20.7. The molecule has 1 fully saturated rings. The highest BCUT2D eigenvalue weighted by Gasteiger charge is 2.33. The number of sulfonamides is 1. The Labute approximate surface area is 157 Å². The van der Waals surface area contributed by atoms with Gasteiger partial charge in [0.25, 0.3) is 0 Å². The Morgan fingerprint density at radius 1 is 1.19 bits per heavy atom. The molecule has 0 heterocycles. The van der Waals surface area contributed by atoms with Crippen molar-refractivity contribution in [2.45, 2.75) is 51.0 Å². The second-order valence-corrected chi connectivity index (χ2v) is 9.86. The summed E-state index contributed by atoms with van der Waals surface area (Å²) in [5.41, 5.74) is 0.512. The lowest BCUT2D eigenvalue weighted by atomic mass is 9.75. The fourth-order valence-corrected chi connectivity index (χ4v) is 4.36. The summed E-state index contributed by atoms with van der Waals surface area (Å²) in [5, 5.41) is 2.70. The number of amides is 1. The predicted molar refractivity (Wildman–Crippen MR) is 103 cm³/mol. The molecule has 1 aromatic carbocycles. The van der Waals surface area contributed by atoms with E-state index in [1.54, 1.807) is 12.1 Å². The SMILES string of the molecule is CC(C)[C@@H]1CC[C@@H](C)C[C@H]1OC(=O)Nc1ccc(S(=O)(=O)N(C)C)cc1. The molecule has 26 heavy (non-hydrogen) atoms. The highest BCUT2D eigenvalue weighted by Crippen LogP contribution is 2.35. The van der Waals surface area contributed by atoms with Crippen molar-refractivity contribution in [3.05, 3.63) is 24.3 Å². The Kier molecular flexibility index (Phi) is 6.69. The fourth-order valence-electron chi connectivity index (χ4n) is 3.46. The van der Waals surface area contributed by atoms with Gasteiger partial charge in [0.2, 0.25) is 10.0 Å². The number of benzene rings is 1. The molecule has 1 aromatic rings. The van der Waals surface area contributed by atoms with Gasteiger partial charge in [-0.1, -0.05) is 27.2 Å². The molecule has 0 spiro atoms. The quantitative estimate of drug-likeness (QED) is 0.837. The van der Waals surface area contributed by atoms with E-state index < -0.39 is 16.1 Å². The minimum atomic E-state index is -3.48. The van der Waals surface area contributed by atoms with Crippen LogP contribution in [0.2, 0.25) is 0 Å². The Hall–Kier alpha value is -1.60. The van der Waals surface area contributed by atoms with Crippen molar-refractivity contribution in [2.24, 2.45) is 17.8 Å². The summed E-state index contributed by atoms with van der Waals surface area (Å²) in [4.78, 5) is 12.5. The highest BCUT2D eigenvalue weighted by molar-refractivity contribution is 7.89. The van der Waals surface area contributed by atoms with Crippen molar-refractivity contribution in [1.82, 2.24) is 4.31 Å². The third-order valence-electron chi connectivity index (χ3n) is 5.10. The molecule has 0 radical (unpaired) electrons. The monoisotopic (exact) mass is 382 g/mol. The summed E-state index contributed by atoms with van der Waals surface area (Å²) < 4.78 is 31.0. The van der Waals surface area contributed by atoms with Crippen LogP contribution in [0.5, 0.6) is 0 Å². The Bertz CT molecular complexity index is 714. The van der Waals surface area contributed by atoms with E-state index in [0.29, 0.717) is 23.4 Å². The van der Waals surface area contributed by atoms with Gasteiger partial charge >= 0.3 is 6.09 Å². The maximum atomic E-state index is 12.3. The van der Waals surface area contributed by atoms with Crippen LogP contribution in [0.3, 0.4) is 0 Å². The van der Waals surface area contributed by atoms with Gasteiger partial charge in [-0.15, -0.1) is 0 Å². The summed E-state index contributed by atoms with van der Waals surface area (Å²) in [6.45, 7) is 6.52. The molecule has 1 saturated carbocycles. The molecule has 0 aromatic heterocycles. The lowest BCUT2D eigenvalue weighted by Crippen LogP contribution is -2.36. The van der Waals surface area contributed by atoms with Crippen LogP contribution in [0.4, 0.5) is 10.5 Å². The normalized spacial score (nSPS) is 23.9. The number of rotatable bonds is 5. The highest BCUT2D eigenvalue weighted by atomic mass is 32.2. The molecule has 7 heteroatoms. The van der Waals surface area contributed by atoms with Crippen molar-refractivity contribution in [3.8, 4) is 0 Å². The molecule has 1 amide bonds. The second kappa shape index (κ2) is 8.39. The summed E-state index contributed by atoms with van der Waals surface area (Å²) in [7, 11) is -0.516. The molecular weight excluding hydrogens is 352 g/mol. The molecule has 6 nitrogen and oxygen atoms in total. The van der Waals surface area contributed by atoms with E-state index in [1.807, 2.05) is 0 Å². The zero-order chi connectivity index (χ0) is 19.5. The van der Waals surface area contributed by atoms with Crippen LogP contribution < -0.4 is 5.32 Å². The van der Waals surface area contributed by atoms with E-state index in [1.165, 1.54) is 32.6 Å². The molecule has 1 aliphatic rings. The molecule has 1 N–H and O–H groups in total. The van der Waals surface area contributed by atoms with Crippen molar-refractivity contribution in [2.75, 3.05) is 19.4 Å². The second-order valence-electron chi connectivity index (χ2n) is 7.71. The molecular formula is C19H30N2O4S. The van der Waals surface area contributed by atoms with Gasteiger partial charge in [0.05, 0.1) is 4.90 Å². The molecule has 0 bridgehead atoms. The van der Waals surface area contributed by atoms with Gasteiger partial charge in [-0.3, -0.25) is 5.32 Å². The zero-order valence-corrected chi connectivity index (χ0v) is 17.0. The summed E-state index contributed by atoms with van der Waals surface area (Å²) in [5.74, 6) is 1.40. The first-order chi connectivity index (χ1) is 12.1. The molecule has 0 aliphatic heterocycles. The van der Waals surface area contributed by atoms with E-state index >= 15 is 0 Å². The lowest BCUT2D eigenvalue weighted by molar-refractivity contribution is 0.0126. The minimum absolute atomic E-state index is 0.0767. The number of nitrogens with one attached hydrogen (secondary N) is 1. The Morgan fingerprint density at radius 2 is 1.81 bits per heavy atom. The third kappa shape index (κ3) is 4.98. The van der Waals surface area contributed by atoms with E-state index in [-0.39, 0.29) is 11.0 Å². The van der Waals surface area contributed by atoms with Crippen LogP contribution >= 0.6 is 0 Å². The summed E-state index contributed by atoms with van der Waals surface area (Å²) >= 11 is 0. The lowest BCUT2D eigenvalue weighted by Gasteiger charge is -2.36. The number of hydrogen-bond donors (Lipinski definition) is 1. The van der Waals surface area contributed by atoms with E-state index in [0.717, 1.165) is 17.1 Å². The average Bonchev–Trinajstić information content (AvgIpc) is 2.54. The van der Waals surface area contributed by atoms with Crippen molar-refractivity contribution >= 4 is 21.8 Å². The number of nitrogens with zero attached hydrogens (tertiary/aromatic N) is 1. The maximum absolute atomic E-state index is 12.3. The van der Waals surface area contributed by atoms with Crippen LogP contribution in [0, 0.1) is 17.8 Å². The maximum Gasteiger partial charge on any atom is 0.411 e. The fraction of sp³-hybridized carbons (Fsp3) is 0.632. The number of carbonyl (C=O) groups excluding carboxylic acids is 1. The third-order valence-corrected chi connectivity index (χ3v) is 6.93. The first-order valence-electron chi connectivity index (χ1n) is 9.11. The van der Waals surface area contributed by atoms with Gasteiger partial charge < -0.3 is 4.74 Å². The summed E-state index contributed by atoms with van der Waals surface area (Å²) in [6.07, 6.45) is 2.57. The molecule has 0 unspecified atom stereocenters. The average molecular weight is 383 g/mol. The summed E-state index contributed by atoms with van der Waals surface area (Å²) in [6, 6.07) is 6.09. The first-order valence-corrected chi connectivity index (χ1v) is 10.6. The van der Waals surface area contributed by atoms with Gasteiger partial charge in [0.1, 0.15) is 6.10 Å². The van der Waals surface area contributed by atoms with Crippen molar-refractivity contribution in [3.63, 3.8) is 0 Å². The standard InChI is InChI=1S/C19H30N2O4S/c1-13(2)17-11-6-14(3)12-18(17)25-19(22)20-15-7-9-16(10-8-15)26(23,24)21(4)5/h7-10,13-14,17-18H,6,11-12H2,1-5H3,(H,20,22)/t14-,17+,18-/m1/s1. The van der Waals surface area contributed by atoms with E-state index in [2.05, 4.69) is 26.1 Å². The van der Waals surface area contributed by atoms with Crippen LogP contribution in [-0.4, -0.2) is 39.0 Å². The molecule has 1 aliphatic carbocycles. The smallest absolute Gasteiger partial charge is 0.411 e. The van der Waals surface area contributed by atoms with Crippen LogP contribution in [0.15, 0.2) is 29.2 Å². The number of carbonyl (C=O) groups is 1. The van der Waals surface area contributed by atoms with Crippen LogP contribution in [0.1, 0.15) is 40.0 Å². The molecule has 146 valence electrons. The molecule has 0 saturated heterocycles. The van der Waals surface area contributed by atoms with Gasteiger partial charge in [-0.25, -0.2) is 17.5 Å². The van der Waals surface area contributed by atoms with Crippen LogP contribution in [0.25, 0.3) is 0 Å².